The molecule has 11 nitrogen and oxygen atoms in total. The number of anilines is 2. The first-order valence-corrected chi connectivity index (χ1v) is 15.5. The summed E-state index contributed by atoms with van der Waals surface area (Å²) in [7, 11) is -1.68. The standard InChI is InChI=1S/C27H39N7O4S/c1-37-17-15-33-11-13-34(14-12-33)16-18-39(35,36)23-9-7-22(8-10-23)30-27-31-25-24(28-20-29-25)26(32-27)38-19-21-5-3-2-4-6-21/h7-10,20-21H,2-6,11-19H2,1H3,(H2,28,29,30,31,32). The van der Waals surface area contributed by atoms with Crippen LogP contribution in [0.2, 0.25) is 0 Å². The van der Waals surface area contributed by atoms with Crippen LogP contribution in [0.25, 0.3) is 11.2 Å². The molecule has 39 heavy (non-hydrogen) atoms. The van der Waals surface area contributed by atoms with Gasteiger partial charge < -0.3 is 19.8 Å². The van der Waals surface area contributed by atoms with Crippen LogP contribution in [0.5, 0.6) is 5.88 Å². The average Bonchev–Trinajstić information content (AvgIpc) is 3.44. The summed E-state index contributed by atoms with van der Waals surface area (Å²) < 4.78 is 37.2. The maximum absolute atomic E-state index is 13.0. The Kier molecular flexibility index (Phi) is 9.28. The number of fused-ring (bicyclic) bond motifs is 1. The lowest BCUT2D eigenvalue weighted by molar-refractivity contribution is 0.0998. The Hall–Kier alpha value is -2.80. The number of hydrogen-bond donors (Lipinski definition) is 2. The molecule has 12 heteroatoms. The number of aromatic amines is 1. The fourth-order valence-corrected chi connectivity index (χ4v) is 6.50. The van der Waals surface area contributed by atoms with Crippen LogP contribution in [0.4, 0.5) is 11.6 Å². The number of sulfone groups is 1. The molecule has 0 amide bonds. The van der Waals surface area contributed by atoms with Crippen LogP contribution in [-0.2, 0) is 14.6 Å². The van der Waals surface area contributed by atoms with Crippen molar-refractivity contribution in [3.63, 3.8) is 0 Å². The first kappa shape index (κ1) is 27.8. The van der Waals surface area contributed by atoms with Gasteiger partial charge in [-0.1, -0.05) is 19.3 Å². The van der Waals surface area contributed by atoms with Gasteiger partial charge in [-0.15, -0.1) is 0 Å². The second-order valence-electron chi connectivity index (χ2n) is 10.4. The van der Waals surface area contributed by atoms with E-state index in [9.17, 15) is 8.42 Å². The molecule has 3 heterocycles. The van der Waals surface area contributed by atoms with E-state index in [2.05, 4.69) is 35.1 Å². The van der Waals surface area contributed by atoms with Crippen LogP contribution >= 0.6 is 0 Å². The van der Waals surface area contributed by atoms with Crippen LogP contribution < -0.4 is 10.1 Å². The van der Waals surface area contributed by atoms with E-state index in [4.69, 9.17) is 9.47 Å². The van der Waals surface area contributed by atoms with Crippen LogP contribution in [0.3, 0.4) is 0 Å². The lowest BCUT2D eigenvalue weighted by Crippen LogP contribution is -2.48. The van der Waals surface area contributed by atoms with Gasteiger partial charge in [-0.2, -0.15) is 9.97 Å². The van der Waals surface area contributed by atoms with Crippen molar-refractivity contribution >= 4 is 32.6 Å². The molecule has 2 fully saturated rings. The first-order valence-electron chi connectivity index (χ1n) is 13.9. The molecular formula is C27H39N7O4S. The van der Waals surface area contributed by atoms with E-state index in [0.717, 1.165) is 39.3 Å². The van der Waals surface area contributed by atoms with Gasteiger partial charge in [0.2, 0.25) is 11.8 Å². The van der Waals surface area contributed by atoms with E-state index in [1.165, 1.54) is 32.1 Å². The highest BCUT2D eigenvalue weighted by Gasteiger charge is 2.21. The predicted octanol–water partition coefficient (Wildman–Crippen LogP) is 3.09. The predicted molar refractivity (Wildman–Crippen MR) is 150 cm³/mol. The van der Waals surface area contributed by atoms with Crippen LogP contribution in [0.15, 0.2) is 35.5 Å². The van der Waals surface area contributed by atoms with E-state index in [-0.39, 0.29) is 5.75 Å². The van der Waals surface area contributed by atoms with E-state index in [1.807, 2.05) is 0 Å². The molecule has 212 valence electrons. The molecule has 0 atom stereocenters. The van der Waals surface area contributed by atoms with Gasteiger partial charge in [-0.05, 0) is 43.0 Å². The van der Waals surface area contributed by atoms with Gasteiger partial charge >= 0.3 is 0 Å². The molecule has 2 N–H and O–H groups in total. The van der Waals surface area contributed by atoms with Crippen LogP contribution in [0, 0.1) is 5.92 Å². The average molecular weight is 558 g/mol. The SMILES string of the molecule is COCCN1CCN(CCS(=O)(=O)c2ccc(Nc3nc(OCC4CCCCC4)c4[nH]cnc4n3)cc2)CC1. The topological polar surface area (TPSA) is 126 Å². The van der Waals surface area contributed by atoms with Gasteiger partial charge in [-0.3, -0.25) is 9.80 Å². The molecule has 1 aliphatic heterocycles. The number of imidazole rings is 1. The minimum atomic E-state index is -3.39. The van der Waals surface area contributed by atoms with Crippen molar-refractivity contribution in [1.29, 1.82) is 0 Å². The molecule has 1 aromatic carbocycles. The highest BCUT2D eigenvalue weighted by atomic mass is 32.2. The maximum Gasteiger partial charge on any atom is 0.245 e. The zero-order valence-corrected chi connectivity index (χ0v) is 23.5. The molecule has 0 radical (unpaired) electrons. The Morgan fingerprint density at radius 1 is 1.00 bits per heavy atom. The monoisotopic (exact) mass is 557 g/mol. The fraction of sp³-hybridized carbons (Fsp3) is 0.593. The van der Waals surface area contributed by atoms with Crippen molar-refractivity contribution in [3.8, 4) is 5.88 Å². The molecule has 0 bridgehead atoms. The van der Waals surface area contributed by atoms with E-state index >= 15 is 0 Å². The molecule has 5 rings (SSSR count). The molecule has 0 unspecified atom stereocenters. The Bertz CT molecular complexity index is 1300. The first-order chi connectivity index (χ1) is 19.0. The van der Waals surface area contributed by atoms with Gasteiger partial charge in [0.25, 0.3) is 0 Å². The number of nitrogens with one attached hydrogen (secondary N) is 2. The Morgan fingerprint density at radius 3 is 2.44 bits per heavy atom. The summed E-state index contributed by atoms with van der Waals surface area (Å²) >= 11 is 0. The molecule has 2 aliphatic rings. The molecular weight excluding hydrogens is 518 g/mol. The quantitative estimate of drug-likeness (QED) is 0.343. The Morgan fingerprint density at radius 2 is 1.72 bits per heavy atom. The van der Waals surface area contributed by atoms with Gasteiger partial charge in [0.15, 0.2) is 15.5 Å². The van der Waals surface area contributed by atoms with E-state index in [0.29, 0.717) is 52.6 Å². The number of methoxy groups -OCH3 is 1. The summed E-state index contributed by atoms with van der Waals surface area (Å²) in [6.07, 6.45) is 7.75. The zero-order chi connectivity index (χ0) is 27.1. The van der Waals surface area contributed by atoms with Crippen molar-refractivity contribution in [3.05, 3.63) is 30.6 Å². The second-order valence-corrected chi connectivity index (χ2v) is 12.5. The lowest BCUT2D eigenvalue weighted by atomic mass is 9.90. The van der Waals surface area contributed by atoms with Crippen molar-refractivity contribution in [2.24, 2.45) is 5.92 Å². The molecule has 2 aromatic heterocycles. The number of rotatable bonds is 12. The number of piperazine rings is 1. The number of ether oxygens (including phenoxy) is 2. The maximum atomic E-state index is 13.0. The van der Waals surface area contributed by atoms with Gasteiger partial charge in [0.05, 0.1) is 30.2 Å². The lowest BCUT2D eigenvalue weighted by Gasteiger charge is -2.34. The van der Waals surface area contributed by atoms with Crippen LogP contribution in [0.1, 0.15) is 32.1 Å². The number of hydrogen-bond acceptors (Lipinski definition) is 10. The highest BCUT2D eigenvalue weighted by Crippen LogP contribution is 2.27. The molecule has 1 saturated heterocycles. The largest absolute Gasteiger partial charge is 0.476 e. The number of aromatic nitrogens is 4. The Balaban J connectivity index is 1.17. The molecule has 0 spiro atoms. The minimum absolute atomic E-state index is 0.0957. The number of benzene rings is 1. The van der Waals surface area contributed by atoms with Crippen molar-refractivity contribution in [2.45, 2.75) is 37.0 Å². The van der Waals surface area contributed by atoms with Crippen LogP contribution in [-0.4, -0.2) is 103 Å². The summed E-state index contributed by atoms with van der Waals surface area (Å²) in [5.41, 5.74) is 1.88. The minimum Gasteiger partial charge on any atom is -0.476 e. The third-order valence-corrected chi connectivity index (χ3v) is 9.37. The third kappa shape index (κ3) is 7.44. The normalized spacial score (nSPS) is 18.0. The van der Waals surface area contributed by atoms with Crippen molar-refractivity contribution < 1.29 is 17.9 Å². The molecule has 1 saturated carbocycles. The molecule has 1 aliphatic carbocycles. The summed E-state index contributed by atoms with van der Waals surface area (Å²) in [6, 6.07) is 6.74. The highest BCUT2D eigenvalue weighted by molar-refractivity contribution is 7.91. The van der Waals surface area contributed by atoms with Crippen molar-refractivity contribution in [1.82, 2.24) is 29.7 Å². The van der Waals surface area contributed by atoms with Gasteiger partial charge in [0.1, 0.15) is 5.52 Å². The van der Waals surface area contributed by atoms with E-state index in [1.54, 1.807) is 37.7 Å². The van der Waals surface area contributed by atoms with Crippen molar-refractivity contribution in [2.75, 3.05) is 70.7 Å². The Labute approximate surface area is 230 Å². The van der Waals surface area contributed by atoms with Gasteiger partial charge in [-0.25, -0.2) is 13.4 Å². The number of nitrogens with zero attached hydrogens (tertiary/aromatic N) is 5. The summed E-state index contributed by atoms with van der Waals surface area (Å²) in [5.74, 6) is 1.47. The fourth-order valence-electron chi connectivity index (χ4n) is 5.22. The smallest absolute Gasteiger partial charge is 0.245 e. The third-order valence-electron chi connectivity index (χ3n) is 7.66. The van der Waals surface area contributed by atoms with Gasteiger partial charge in [0, 0.05) is 52.1 Å². The molecule has 3 aromatic rings. The summed E-state index contributed by atoms with van der Waals surface area (Å²) in [5, 5.41) is 3.17. The number of H-pyrrole nitrogens is 1. The zero-order valence-electron chi connectivity index (χ0n) is 22.6. The van der Waals surface area contributed by atoms with E-state index < -0.39 is 9.84 Å². The summed E-state index contributed by atoms with van der Waals surface area (Å²) in [6.45, 7) is 6.40. The summed E-state index contributed by atoms with van der Waals surface area (Å²) in [4.78, 5) is 21.3. The second kappa shape index (κ2) is 13.0.